The summed E-state index contributed by atoms with van der Waals surface area (Å²) in [6.45, 7) is 14.0. The number of carbonyl (C=O) groups is 1. The summed E-state index contributed by atoms with van der Waals surface area (Å²) in [6.07, 6.45) is 0. The zero-order valence-electron chi connectivity index (χ0n) is 14.5. The van der Waals surface area contributed by atoms with Crippen molar-refractivity contribution in [2.45, 2.75) is 40.7 Å². The van der Waals surface area contributed by atoms with Crippen molar-refractivity contribution in [2.75, 3.05) is 31.1 Å². The van der Waals surface area contributed by atoms with Gasteiger partial charge in [-0.25, -0.2) is 4.79 Å². The molecule has 1 atom stereocenters. The molecule has 122 valence electrons. The van der Waals surface area contributed by atoms with E-state index in [0.717, 1.165) is 26.2 Å². The number of amides is 2. The molecule has 1 aromatic rings. The minimum atomic E-state index is 0.0711. The zero-order valence-corrected chi connectivity index (χ0v) is 14.5. The highest BCUT2D eigenvalue weighted by Gasteiger charge is 2.23. The summed E-state index contributed by atoms with van der Waals surface area (Å²) in [4.78, 5) is 16.6. The summed E-state index contributed by atoms with van der Waals surface area (Å²) in [6, 6.07) is 6.72. The molecule has 1 aromatic carbocycles. The van der Waals surface area contributed by atoms with Gasteiger partial charge < -0.3 is 15.1 Å². The van der Waals surface area contributed by atoms with Crippen LogP contribution < -0.4 is 10.2 Å². The molecule has 0 saturated carbocycles. The van der Waals surface area contributed by atoms with Crippen molar-refractivity contribution in [3.05, 3.63) is 29.3 Å². The van der Waals surface area contributed by atoms with Gasteiger partial charge in [0.15, 0.2) is 0 Å². The van der Waals surface area contributed by atoms with Crippen molar-refractivity contribution in [1.29, 1.82) is 0 Å². The van der Waals surface area contributed by atoms with Crippen LogP contribution in [-0.2, 0) is 0 Å². The Kier molecular flexibility index (Phi) is 5.33. The molecule has 22 heavy (non-hydrogen) atoms. The van der Waals surface area contributed by atoms with Crippen LogP contribution in [0.1, 0.15) is 31.9 Å². The number of aryl methyl sites for hydroxylation is 1. The van der Waals surface area contributed by atoms with Gasteiger partial charge in [0, 0.05) is 37.9 Å². The Hall–Kier alpha value is -1.71. The van der Waals surface area contributed by atoms with Gasteiger partial charge in [-0.1, -0.05) is 26.0 Å². The summed E-state index contributed by atoms with van der Waals surface area (Å²) in [5.74, 6) is 0.459. The van der Waals surface area contributed by atoms with Gasteiger partial charge in [-0.05, 0) is 43.9 Å². The average Bonchev–Trinajstić information content (AvgIpc) is 2.50. The third-order valence-electron chi connectivity index (χ3n) is 4.83. The maximum atomic E-state index is 12.3. The topological polar surface area (TPSA) is 35.6 Å². The van der Waals surface area contributed by atoms with Crippen molar-refractivity contribution in [3.8, 4) is 0 Å². The van der Waals surface area contributed by atoms with E-state index in [2.05, 4.69) is 63.0 Å². The summed E-state index contributed by atoms with van der Waals surface area (Å²) in [5.41, 5.74) is 3.97. The first-order valence-corrected chi connectivity index (χ1v) is 8.26. The second-order valence-electron chi connectivity index (χ2n) is 6.68. The number of hydrogen-bond acceptors (Lipinski definition) is 2. The van der Waals surface area contributed by atoms with E-state index in [1.165, 1.54) is 16.8 Å². The van der Waals surface area contributed by atoms with Crippen molar-refractivity contribution in [2.24, 2.45) is 5.92 Å². The van der Waals surface area contributed by atoms with Crippen molar-refractivity contribution in [1.82, 2.24) is 10.2 Å². The van der Waals surface area contributed by atoms with E-state index >= 15 is 0 Å². The van der Waals surface area contributed by atoms with Crippen molar-refractivity contribution in [3.63, 3.8) is 0 Å². The molecule has 1 N–H and O–H groups in total. The Labute approximate surface area is 134 Å². The number of benzene rings is 1. The van der Waals surface area contributed by atoms with Crippen molar-refractivity contribution >= 4 is 11.7 Å². The third-order valence-corrected chi connectivity index (χ3v) is 4.83. The van der Waals surface area contributed by atoms with Crippen molar-refractivity contribution < 1.29 is 4.79 Å². The van der Waals surface area contributed by atoms with Gasteiger partial charge in [-0.15, -0.1) is 0 Å². The van der Waals surface area contributed by atoms with E-state index in [-0.39, 0.29) is 12.1 Å². The summed E-state index contributed by atoms with van der Waals surface area (Å²) in [5, 5.41) is 3.09. The van der Waals surface area contributed by atoms with Crippen LogP contribution in [0.5, 0.6) is 0 Å². The summed E-state index contributed by atoms with van der Waals surface area (Å²) >= 11 is 0. The standard InChI is InChI=1S/C18H29N3O/c1-13(2)16(5)19-18(22)21-11-9-20(10-12-21)17-8-6-7-14(3)15(17)4/h6-8,13,16H,9-12H2,1-5H3,(H,19,22). The highest BCUT2D eigenvalue weighted by atomic mass is 16.2. The number of urea groups is 1. The van der Waals surface area contributed by atoms with E-state index in [9.17, 15) is 4.79 Å². The molecule has 0 aliphatic carbocycles. The quantitative estimate of drug-likeness (QED) is 0.931. The fourth-order valence-electron chi connectivity index (χ4n) is 2.68. The molecule has 4 heteroatoms. The number of nitrogens with one attached hydrogen (secondary N) is 1. The first kappa shape index (κ1) is 16.7. The smallest absolute Gasteiger partial charge is 0.317 e. The third kappa shape index (κ3) is 3.73. The van der Waals surface area contributed by atoms with Gasteiger partial charge in [0.1, 0.15) is 0 Å². The molecule has 0 aromatic heterocycles. The molecule has 1 heterocycles. The molecule has 1 saturated heterocycles. The Morgan fingerprint density at radius 3 is 2.32 bits per heavy atom. The van der Waals surface area contributed by atoms with Gasteiger partial charge in [0.2, 0.25) is 0 Å². The fraction of sp³-hybridized carbons (Fsp3) is 0.611. The fourth-order valence-corrected chi connectivity index (χ4v) is 2.68. The number of piperazine rings is 1. The SMILES string of the molecule is Cc1cccc(N2CCN(C(=O)NC(C)C(C)C)CC2)c1C. The molecule has 1 aliphatic heterocycles. The maximum absolute atomic E-state index is 12.3. The number of rotatable bonds is 3. The summed E-state index contributed by atoms with van der Waals surface area (Å²) in [7, 11) is 0. The van der Waals surface area contributed by atoms with Gasteiger partial charge >= 0.3 is 6.03 Å². The van der Waals surface area contributed by atoms with Gasteiger partial charge in [-0.3, -0.25) is 0 Å². The second kappa shape index (κ2) is 7.03. The van der Waals surface area contributed by atoms with Gasteiger partial charge in [-0.2, -0.15) is 0 Å². The normalized spacial score (nSPS) is 16.8. The van der Waals surface area contributed by atoms with E-state index in [4.69, 9.17) is 0 Å². The molecule has 1 aliphatic rings. The minimum absolute atomic E-state index is 0.0711. The first-order chi connectivity index (χ1) is 10.4. The average molecular weight is 303 g/mol. The molecule has 0 spiro atoms. The van der Waals surface area contributed by atoms with E-state index < -0.39 is 0 Å². The van der Waals surface area contributed by atoms with Crippen LogP contribution in [-0.4, -0.2) is 43.2 Å². The second-order valence-corrected chi connectivity index (χ2v) is 6.68. The predicted molar refractivity (Wildman–Crippen MR) is 92.5 cm³/mol. The minimum Gasteiger partial charge on any atom is -0.368 e. The molecule has 4 nitrogen and oxygen atoms in total. The van der Waals surface area contributed by atoms with Crippen LogP contribution >= 0.6 is 0 Å². The lowest BCUT2D eigenvalue weighted by atomic mass is 10.1. The Balaban J connectivity index is 1.93. The lowest BCUT2D eigenvalue weighted by Crippen LogP contribution is -2.53. The number of carbonyl (C=O) groups excluding carboxylic acids is 1. The van der Waals surface area contributed by atoms with Crippen LogP contribution in [0.25, 0.3) is 0 Å². The molecule has 2 amide bonds. The molecule has 0 bridgehead atoms. The molecule has 1 fully saturated rings. The largest absolute Gasteiger partial charge is 0.368 e. The summed E-state index contributed by atoms with van der Waals surface area (Å²) < 4.78 is 0. The number of hydrogen-bond donors (Lipinski definition) is 1. The van der Waals surface area contributed by atoms with Gasteiger partial charge in [0.25, 0.3) is 0 Å². The number of anilines is 1. The number of nitrogens with zero attached hydrogens (tertiary/aromatic N) is 2. The van der Waals surface area contributed by atoms with Gasteiger partial charge in [0.05, 0.1) is 0 Å². The highest BCUT2D eigenvalue weighted by molar-refractivity contribution is 5.75. The molecule has 1 unspecified atom stereocenters. The van der Waals surface area contributed by atoms with E-state index in [1.54, 1.807) is 0 Å². The van der Waals surface area contributed by atoms with E-state index in [0.29, 0.717) is 5.92 Å². The van der Waals surface area contributed by atoms with Crippen LogP contribution in [0.2, 0.25) is 0 Å². The maximum Gasteiger partial charge on any atom is 0.317 e. The van der Waals surface area contributed by atoms with Crippen LogP contribution in [0.15, 0.2) is 18.2 Å². The first-order valence-electron chi connectivity index (χ1n) is 8.26. The highest BCUT2D eigenvalue weighted by Crippen LogP contribution is 2.23. The zero-order chi connectivity index (χ0) is 16.3. The lowest BCUT2D eigenvalue weighted by Gasteiger charge is -2.37. The molecule has 2 rings (SSSR count). The Morgan fingerprint density at radius 1 is 1.09 bits per heavy atom. The lowest BCUT2D eigenvalue weighted by molar-refractivity contribution is 0.188. The van der Waals surface area contributed by atoms with Crippen LogP contribution in [0, 0.1) is 19.8 Å². The molecular weight excluding hydrogens is 274 g/mol. The Bertz CT molecular complexity index is 519. The van der Waals surface area contributed by atoms with E-state index in [1.807, 2.05) is 4.90 Å². The Morgan fingerprint density at radius 2 is 1.73 bits per heavy atom. The van der Waals surface area contributed by atoms with Crippen LogP contribution in [0.3, 0.4) is 0 Å². The molecular formula is C18H29N3O. The molecule has 0 radical (unpaired) electrons. The monoisotopic (exact) mass is 303 g/mol. The predicted octanol–water partition coefficient (Wildman–Crippen LogP) is 3.18. The van der Waals surface area contributed by atoms with Crippen LogP contribution in [0.4, 0.5) is 10.5 Å².